The summed E-state index contributed by atoms with van der Waals surface area (Å²) in [5.74, 6) is -0.865. The van der Waals surface area contributed by atoms with Crippen LogP contribution in [0.5, 0.6) is 0 Å². The Morgan fingerprint density at radius 2 is 1.85 bits per heavy atom. The van der Waals surface area contributed by atoms with Crippen LogP contribution in [0.4, 0.5) is 0 Å². The average molecular weight is 355 g/mol. The van der Waals surface area contributed by atoms with Crippen LogP contribution in [0.25, 0.3) is 11.8 Å². The fourth-order valence-electron chi connectivity index (χ4n) is 2.70. The van der Waals surface area contributed by atoms with E-state index in [-0.39, 0.29) is 11.8 Å². The van der Waals surface area contributed by atoms with Gasteiger partial charge in [-0.2, -0.15) is 5.10 Å². The molecule has 1 aromatic heterocycles. The number of amides is 1. The third-order valence-electron chi connectivity index (χ3n) is 4.17. The molecule has 138 valence electrons. The molecule has 0 aliphatic rings. The summed E-state index contributed by atoms with van der Waals surface area (Å²) in [5, 5.41) is 7.24. The van der Waals surface area contributed by atoms with E-state index in [0.29, 0.717) is 0 Å². The summed E-state index contributed by atoms with van der Waals surface area (Å²) in [5.41, 5.74) is 3.60. The minimum atomic E-state index is -0.675. The van der Waals surface area contributed by atoms with Crippen LogP contribution in [-0.2, 0) is 14.3 Å². The molecule has 1 aromatic carbocycles. The number of nitrogens with zero attached hydrogens (tertiary/aromatic N) is 2. The lowest BCUT2D eigenvalue weighted by atomic mass is 10.0. The second kappa shape index (κ2) is 8.47. The smallest absolute Gasteiger partial charge is 0.328 e. The van der Waals surface area contributed by atoms with Crippen LogP contribution in [0, 0.1) is 19.8 Å². The molecule has 1 atom stereocenters. The molecule has 6 heteroatoms. The Morgan fingerprint density at radius 3 is 2.42 bits per heavy atom. The number of rotatable bonds is 6. The quantitative estimate of drug-likeness (QED) is 0.639. The molecule has 26 heavy (non-hydrogen) atoms. The highest BCUT2D eigenvalue weighted by atomic mass is 16.5. The van der Waals surface area contributed by atoms with Crippen molar-refractivity contribution in [2.24, 2.45) is 5.92 Å². The summed E-state index contributed by atoms with van der Waals surface area (Å²) in [6.07, 6.45) is 3.14. The van der Waals surface area contributed by atoms with Crippen molar-refractivity contribution < 1.29 is 14.3 Å². The number of hydrogen-bond acceptors (Lipinski definition) is 4. The molecule has 1 N–H and O–H groups in total. The molecule has 2 aromatic rings. The fraction of sp³-hybridized carbons (Fsp3) is 0.350. The van der Waals surface area contributed by atoms with E-state index < -0.39 is 12.0 Å². The molecule has 0 bridgehead atoms. The van der Waals surface area contributed by atoms with Gasteiger partial charge in [0.05, 0.1) is 18.5 Å². The Kier molecular flexibility index (Phi) is 6.33. The fourth-order valence-corrected chi connectivity index (χ4v) is 2.70. The van der Waals surface area contributed by atoms with Gasteiger partial charge in [0.2, 0.25) is 5.91 Å². The number of benzene rings is 1. The van der Waals surface area contributed by atoms with Gasteiger partial charge in [-0.3, -0.25) is 4.79 Å². The van der Waals surface area contributed by atoms with Crippen LogP contribution >= 0.6 is 0 Å². The molecule has 0 unspecified atom stereocenters. The van der Waals surface area contributed by atoms with Crippen molar-refractivity contribution in [3.8, 4) is 5.69 Å². The normalized spacial score (nSPS) is 12.4. The molecule has 0 spiro atoms. The van der Waals surface area contributed by atoms with E-state index in [2.05, 4.69) is 10.4 Å². The summed E-state index contributed by atoms with van der Waals surface area (Å²) in [6, 6.07) is 9.13. The predicted octanol–water partition coefficient (Wildman–Crippen LogP) is 2.82. The monoisotopic (exact) mass is 355 g/mol. The zero-order valence-electron chi connectivity index (χ0n) is 15.8. The van der Waals surface area contributed by atoms with Crippen molar-refractivity contribution in [2.75, 3.05) is 7.11 Å². The summed E-state index contributed by atoms with van der Waals surface area (Å²) >= 11 is 0. The van der Waals surface area contributed by atoms with Gasteiger partial charge in [0.25, 0.3) is 0 Å². The van der Waals surface area contributed by atoms with Gasteiger partial charge in [0.15, 0.2) is 0 Å². The molecule has 1 amide bonds. The van der Waals surface area contributed by atoms with E-state index in [9.17, 15) is 9.59 Å². The van der Waals surface area contributed by atoms with Crippen LogP contribution in [0.3, 0.4) is 0 Å². The lowest BCUT2D eigenvalue weighted by Gasteiger charge is -2.18. The van der Waals surface area contributed by atoms with Gasteiger partial charge < -0.3 is 10.1 Å². The van der Waals surface area contributed by atoms with Crippen molar-refractivity contribution >= 4 is 18.0 Å². The van der Waals surface area contributed by atoms with E-state index >= 15 is 0 Å². The number of hydrogen-bond donors (Lipinski definition) is 1. The number of carbonyl (C=O) groups excluding carboxylic acids is 2. The van der Waals surface area contributed by atoms with E-state index in [4.69, 9.17) is 4.74 Å². The molecule has 0 radical (unpaired) electrons. The number of para-hydroxylation sites is 1. The Bertz CT molecular complexity index is 807. The molecule has 0 aliphatic heterocycles. The second-order valence-corrected chi connectivity index (χ2v) is 6.42. The maximum absolute atomic E-state index is 12.2. The van der Waals surface area contributed by atoms with Crippen LogP contribution in [0.15, 0.2) is 36.4 Å². The van der Waals surface area contributed by atoms with E-state index in [0.717, 1.165) is 22.6 Å². The number of nitrogens with one attached hydrogen (secondary N) is 1. The maximum Gasteiger partial charge on any atom is 0.328 e. The lowest BCUT2D eigenvalue weighted by molar-refractivity contribution is -0.145. The number of methoxy groups -OCH3 is 1. The Morgan fingerprint density at radius 1 is 1.19 bits per heavy atom. The molecular formula is C20H25N3O3. The van der Waals surface area contributed by atoms with Crippen molar-refractivity contribution in [1.29, 1.82) is 0 Å². The third kappa shape index (κ3) is 4.39. The molecule has 0 fully saturated rings. The highest BCUT2D eigenvalue weighted by Crippen LogP contribution is 2.19. The SMILES string of the molecule is COC(=O)[C@@H](NC(=O)C=Cc1c(C)nn(-c2ccccc2)c1C)C(C)C. The first-order valence-electron chi connectivity index (χ1n) is 8.53. The van der Waals surface area contributed by atoms with E-state index in [1.165, 1.54) is 13.2 Å². The minimum Gasteiger partial charge on any atom is -0.467 e. The van der Waals surface area contributed by atoms with Crippen molar-refractivity contribution in [2.45, 2.75) is 33.7 Å². The van der Waals surface area contributed by atoms with Crippen molar-refractivity contribution in [3.63, 3.8) is 0 Å². The molecule has 6 nitrogen and oxygen atoms in total. The first kappa shape index (κ1) is 19.4. The Hall–Kier alpha value is -2.89. The van der Waals surface area contributed by atoms with Gasteiger partial charge in [-0.25, -0.2) is 9.48 Å². The lowest BCUT2D eigenvalue weighted by Crippen LogP contribution is -2.44. The second-order valence-electron chi connectivity index (χ2n) is 6.42. The van der Waals surface area contributed by atoms with Gasteiger partial charge in [-0.15, -0.1) is 0 Å². The van der Waals surface area contributed by atoms with Crippen LogP contribution < -0.4 is 5.32 Å². The first-order valence-corrected chi connectivity index (χ1v) is 8.53. The first-order chi connectivity index (χ1) is 12.3. The van der Waals surface area contributed by atoms with Crippen LogP contribution in [0.1, 0.15) is 30.8 Å². The van der Waals surface area contributed by atoms with Gasteiger partial charge in [-0.1, -0.05) is 32.0 Å². The van der Waals surface area contributed by atoms with E-state index in [1.54, 1.807) is 6.08 Å². The van der Waals surface area contributed by atoms with Crippen LogP contribution in [0.2, 0.25) is 0 Å². The highest BCUT2D eigenvalue weighted by Gasteiger charge is 2.24. The van der Waals surface area contributed by atoms with Crippen molar-refractivity contribution in [1.82, 2.24) is 15.1 Å². The van der Waals surface area contributed by atoms with Crippen LogP contribution in [-0.4, -0.2) is 34.8 Å². The van der Waals surface area contributed by atoms with Gasteiger partial charge >= 0.3 is 5.97 Å². The van der Waals surface area contributed by atoms with Gasteiger partial charge in [0.1, 0.15) is 6.04 Å². The molecule has 0 saturated heterocycles. The molecule has 2 rings (SSSR count). The summed E-state index contributed by atoms with van der Waals surface area (Å²) in [6.45, 7) is 7.55. The molecule has 0 saturated carbocycles. The molecular weight excluding hydrogens is 330 g/mol. The van der Waals surface area contributed by atoms with Gasteiger partial charge in [-0.05, 0) is 38.0 Å². The predicted molar refractivity (Wildman–Crippen MR) is 101 cm³/mol. The highest BCUT2D eigenvalue weighted by molar-refractivity contribution is 5.94. The summed E-state index contributed by atoms with van der Waals surface area (Å²) in [7, 11) is 1.31. The summed E-state index contributed by atoms with van der Waals surface area (Å²) < 4.78 is 6.58. The van der Waals surface area contributed by atoms with Gasteiger partial charge in [0, 0.05) is 17.3 Å². The average Bonchev–Trinajstić information content (AvgIpc) is 2.91. The number of carbonyl (C=O) groups is 2. The Balaban J connectivity index is 2.19. The molecule has 1 heterocycles. The number of aryl methyl sites for hydroxylation is 1. The Labute approximate surface area is 153 Å². The summed E-state index contributed by atoms with van der Waals surface area (Å²) in [4.78, 5) is 24.0. The standard InChI is InChI=1S/C20H25N3O3/c1-13(2)19(20(25)26-5)21-18(24)12-11-17-14(3)22-23(15(17)4)16-9-7-6-8-10-16/h6-13,19H,1-5H3,(H,21,24)/t19-/m0/s1. The minimum absolute atomic E-state index is 0.0656. The third-order valence-corrected chi connectivity index (χ3v) is 4.17. The zero-order valence-corrected chi connectivity index (χ0v) is 15.8. The zero-order chi connectivity index (χ0) is 19.3. The topological polar surface area (TPSA) is 73.2 Å². The number of esters is 1. The van der Waals surface area contributed by atoms with Crippen molar-refractivity contribution in [3.05, 3.63) is 53.4 Å². The van der Waals surface area contributed by atoms with E-state index in [1.807, 2.05) is 62.7 Å². The number of aromatic nitrogens is 2. The maximum atomic E-state index is 12.2. The number of ether oxygens (including phenoxy) is 1. The molecule has 0 aliphatic carbocycles. The largest absolute Gasteiger partial charge is 0.467 e.